The Morgan fingerprint density at radius 1 is 1.20 bits per heavy atom. The molecule has 2 aromatic rings. The van der Waals surface area contributed by atoms with E-state index in [2.05, 4.69) is 31.9 Å². The first-order valence-electron chi connectivity index (χ1n) is 5.94. The van der Waals surface area contributed by atoms with Crippen LogP contribution >= 0.6 is 43.5 Å². The van der Waals surface area contributed by atoms with Crippen molar-refractivity contribution in [3.05, 3.63) is 57.0 Å². The number of methoxy groups -OCH3 is 1. The molecule has 0 N–H and O–H groups in total. The first-order chi connectivity index (χ1) is 9.65. The van der Waals surface area contributed by atoms with E-state index in [1.54, 1.807) is 7.11 Å². The van der Waals surface area contributed by atoms with E-state index in [1.807, 2.05) is 36.4 Å². The largest absolute Gasteiger partial charge is 0.497 e. The summed E-state index contributed by atoms with van der Waals surface area (Å²) in [5.41, 5.74) is 1.97. The van der Waals surface area contributed by atoms with E-state index in [4.69, 9.17) is 21.1 Å². The van der Waals surface area contributed by atoms with Gasteiger partial charge in [0.15, 0.2) is 0 Å². The van der Waals surface area contributed by atoms with Gasteiger partial charge in [0.2, 0.25) is 0 Å². The van der Waals surface area contributed by atoms with Gasteiger partial charge < -0.3 is 9.47 Å². The van der Waals surface area contributed by atoms with Crippen LogP contribution in [0.4, 0.5) is 0 Å². The highest BCUT2D eigenvalue weighted by molar-refractivity contribution is 9.10. The van der Waals surface area contributed by atoms with Crippen molar-refractivity contribution >= 4 is 43.5 Å². The monoisotopic (exact) mass is 418 g/mol. The van der Waals surface area contributed by atoms with E-state index >= 15 is 0 Å². The second-order valence-corrected chi connectivity index (χ2v) is 5.92. The zero-order valence-electron chi connectivity index (χ0n) is 10.8. The lowest BCUT2D eigenvalue weighted by atomic mass is 10.2. The topological polar surface area (TPSA) is 18.5 Å². The van der Waals surface area contributed by atoms with Gasteiger partial charge in [0, 0.05) is 26.0 Å². The first-order valence-corrected chi connectivity index (χ1v) is 8.23. The molecule has 0 spiro atoms. The minimum atomic E-state index is 0.443. The Bertz CT molecular complexity index is 602. The van der Waals surface area contributed by atoms with Gasteiger partial charge in [-0.3, -0.25) is 0 Å². The normalized spacial score (nSPS) is 10.4. The number of ether oxygens (including phenoxy) is 2. The van der Waals surface area contributed by atoms with Crippen LogP contribution in [-0.4, -0.2) is 7.11 Å². The summed E-state index contributed by atoms with van der Waals surface area (Å²) in [6, 6.07) is 11.4. The van der Waals surface area contributed by atoms with E-state index in [0.717, 1.165) is 27.1 Å². The molecule has 0 heterocycles. The number of halogens is 3. The molecule has 0 bridgehead atoms. The predicted molar refractivity (Wildman–Crippen MR) is 89.1 cm³/mol. The van der Waals surface area contributed by atoms with Gasteiger partial charge >= 0.3 is 0 Å². The fourth-order valence-corrected chi connectivity index (χ4v) is 3.08. The number of rotatable bonds is 5. The molecule has 0 aromatic heterocycles. The summed E-state index contributed by atoms with van der Waals surface area (Å²) in [4.78, 5) is 0. The van der Waals surface area contributed by atoms with Gasteiger partial charge in [0.1, 0.15) is 18.1 Å². The molecule has 2 nitrogen and oxygen atoms in total. The molecule has 0 saturated heterocycles. The Morgan fingerprint density at radius 2 is 2.00 bits per heavy atom. The van der Waals surface area contributed by atoms with Gasteiger partial charge in [-0.1, -0.05) is 49.5 Å². The molecule has 0 aliphatic heterocycles. The molecule has 0 amide bonds. The summed E-state index contributed by atoms with van der Waals surface area (Å²) in [6.07, 6.45) is 0. The average Bonchev–Trinajstić information content (AvgIpc) is 2.46. The molecule has 0 aliphatic carbocycles. The van der Waals surface area contributed by atoms with Crippen molar-refractivity contribution in [2.45, 2.75) is 11.9 Å². The maximum Gasteiger partial charge on any atom is 0.125 e. The van der Waals surface area contributed by atoms with Crippen LogP contribution in [0.1, 0.15) is 11.1 Å². The highest BCUT2D eigenvalue weighted by Crippen LogP contribution is 2.30. The van der Waals surface area contributed by atoms with Crippen LogP contribution < -0.4 is 9.47 Å². The van der Waals surface area contributed by atoms with Crippen LogP contribution in [0.15, 0.2) is 40.9 Å². The van der Waals surface area contributed by atoms with E-state index in [-0.39, 0.29) is 0 Å². The molecule has 0 unspecified atom stereocenters. The van der Waals surface area contributed by atoms with Gasteiger partial charge in [-0.2, -0.15) is 0 Å². The van der Waals surface area contributed by atoms with Crippen LogP contribution in [0, 0.1) is 0 Å². The van der Waals surface area contributed by atoms with Crippen LogP contribution in [0.3, 0.4) is 0 Å². The third-order valence-corrected chi connectivity index (χ3v) is 4.53. The Labute approximate surface area is 140 Å². The fraction of sp³-hybridized carbons (Fsp3) is 0.200. The van der Waals surface area contributed by atoms with E-state index < -0.39 is 0 Å². The Kier molecular flexibility index (Phi) is 5.75. The summed E-state index contributed by atoms with van der Waals surface area (Å²) < 4.78 is 12.1. The second kappa shape index (κ2) is 7.34. The van der Waals surface area contributed by atoms with Gasteiger partial charge in [-0.15, -0.1) is 0 Å². The molecule has 0 radical (unpaired) electrons. The maximum absolute atomic E-state index is 6.15. The van der Waals surface area contributed by atoms with E-state index in [1.165, 1.54) is 0 Å². The lowest BCUT2D eigenvalue weighted by Gasteiger charge is -2.13. The molecular weight excluding hydrogens is 407 g/mol. The maximum atomic E-state index is 6.15. The molecule has 0 saturated carbocycles. The smallest absolute Gasteiger partial charge is 0.125 e. The van der Waals surface area contributed by atoms with Crippen molar-refractivity contribution in [3.63, 3.8) is 0 Å². The first kappa shape index (κ1) is 15.7. The Hall–Kier alpha value is -0.710. The lowest BCUT2D eigenvalue weighted by molar-refractivity contribution is 0.302. The van der Waals surface area contributed by atoms with E-state index in [9.17, 15) is 0 Å². The summed E-state index contributed by atoms with van der Waals surface area (Å²) in [6.45, 7) is 0.443. The molecular formula is C15H13Br2ClO2. The van der Waals surface area contributed by atoms with Crippen LogP contribution in [0.25, 0.3) is 0 Å². The van der Waals surface area contributed by atoms with Crippen LogP contribution in [0.2, 0.25) is 5.02 Å². The van der Waals surface area contributed by atoms with Crippen molar-refractivity contribution in [1.82, 2.24) is 0 Å². The van der Waals surface area contributed by atoms with Crippen LogP contribution in [-0.2, 0) is 11.9 Å². The fourth-order valence-electron chi connectivity index (χ4n) is 1.75. The number of benzene rings is 2. The van der Waals surface area contributed by atoms with Crippen molar-refractivity contribution in [2.24, 2.45) is 0 Å². The lowest BCUT2D eigenvalue weighted by Crippen LogP contribution is -1.99. The minimum absolute atomic E-state index is 0.443. The van der Waals surface area contributed by atoms with Crippen molar-refractivity contribution in [3.8, 4) is 11.5 Å². The van der Waals surface area contributed by atoms with Gasteiger partial charge in [-0.25, -0.2) is 0 Å². The van der Waals surface area contributed by atoms with Crippen molar-refractivity contribution in [2.75, 3.05) is 7.11 Å². The van der Waals surface area contributed by atoms with Crippen molar-refractivity contribution in [1.29, 1.82) is 0 Å². The summed E-state index contributed by atoms with van der Waals surface area (Å²) >= 11 is 13.1. The quantitative estimate of drug-likeness (QED) is 0.588. The zero-order valence-corrected chi connectivity index (χ0v) is 14.8. The number of alkyl halides is 1. The highest BCUT2D eigenvalue weighted by Gasteiger charge is 2.09. The molecule has 0 aliphatic rings. The van der Waals surface area contributed by atoms with Gasteiger partial charge in [-0.05, 0) is 30.3 Å². The summed E-state index contributed by atoms with van der Waals surface area (Å²) in [5, 5.41) is 1.35. The predicted octanol–water partition coefficient (Wildman–Crippen LogP) is 5.59. The standard InChI is InChI=1S/C15H13Br2ClO2/c1-19-11-5-6-13(17)10(7-11)9-20-15-4-2-3-14(18)12(15)8-16/h2-7H,8-9H2,1H3. The van der Waals surface area contributed by atoms with Crippen molar-refractivity contribution < 1.29 is 9.47 Å². The Morgan fingerprint density at radius 3 is 2.70 bits per heavy atom. The Balaban J connectivity index is 2.19. The third kappa shape index (κ3) is 3.68. The van der Waals surface area contributed by atoms with Crippen LogP contribution in [0.5, 0.6) is 11.5 Å². The third-order valence-electron chi connectivity index (χ3n) is 2.85. The average molecular weight is 421 g/mol. The molecule has 106 valence electrons. The minimum Gasteiger partial charge on any atom is -0.497 e. The molecule has 2 rings (SSSR count). The number of hydrogen-bond donors (Lipinski definition) is 0. The second-order valence-electron chi connectivity index (χ2n) is 4.10. The molecule has 0 fully saturated rings. The summed E-state index contributed by atoms with van der Waals surface area (Å²) in [5.74, 6) is 1.59. The molecule has 20 heavy (non-hydrogen) atoms. The molecule has 5 heteroatoms. The molecule has 2 aromatic carbocycles. The summed E-state index contributed by atoms with van der Waals surface area (Å²) in [7, 11) is 1.65. The van der Waals surface area contributed by atoms with E-state index in [0.29, 0.717) is 17.0 Å². The number of hydrogen-bond acceptors (Lipinski definition) is 2. The van der Waals surface area contributed by atoms with Gasteiger partial charge in [0.25, 0.3) is 0 Å². The highest BCUT2D eigenvalue weighted by atomic mass is 79.9. The SMILES string of the molecule is COc1ccc(Br)c(COc2cccc(Cl)c2CBr)c1. The van der Waals surface area contributed by atoms with Gasteiger partial charge in [0.05, 0.1) is 7.11 Å². The zero-order chi connectivity index (χ0) is 14.5. The molecule has 0 atom stereocenters.